The van der Waals surface area contributed by atoms with E-state index >= 15 is 0 Å². The largest absolute Gasteiger partial charge is 0.326 e. The Kier molecular flexibility index (Phi) is 7.39. The number of para-hydroxylation sites is 1. The molecule has 5 nitrogen and oxygen atoms in total. The molecule has 2 atom stereocenters. The van der Waals surface area contributed by atoms with Crippen molar-refractivity contribution in [1.29, 1.82) is 0 Å². The van der Waals surface area contributed by atoms with Gasteiger partial charge in [0, 0.05) is 28.9 Å². The average molecular weight is 388 g/mol. The minimum Gasteiger partial charge on any atom is -0.326 e. The maximum atomic E-state index is 12.6. The highest BCUT2D eigenvalue weighted by Gasteiger charge is 2.25. The molecule has 1 heterocycles. The Morgan fingerprint density at radius 1 is 1.04 bits per heavy atom. The topological polar surface area (TPSA) is 70.2 Å². The molecule has 0 unspecified atom stereocenters. The van der Waals surface area contributed by atoms with E-state index in [-0.39, 0.29) is 30.1 Å². The van der Waals surface area contributed by atoms with E-state index in [1.54, 1.807) is 12.1 Å². The monoisotopic (exact) mass is 387 g/mol. The molecule has 0 aliphatic carbocycles. The fourth-order valence-corrected chi connectivity index (χ4v) is 3.34. The van der Waals surface area contributed by atoms with Crippen LogP contribution in [0.4, 0.5) is 11.4 Å². The molecule has 3 N–H and O–H groups in total. The van der Waals surface area contributed by atoms with Gasteiger partial charge in [-0.3, -0.25) is 9.59 Å². The van der Waals surface area contributed by atoms with Crippen molar-refractivity contribution in [2.24, 2.45) is 5.92 Å². The molecule has 2 aromatic rings. The van der Waals surface area contributed by atoms with Crippen molar-refractivity contribution in [3.05, 3.63) is 59.7 Å². The molecule has 1 saturated heterocycles. The lowest BCUT2D eigenvalue weighted by Crippen LogP contribution is -2.40. The lowest BCUT2D eigenvalue weighted by molar-refractivity contribution is -0.120. The Morgan fingerprint density at radius 3 is 2.48 bits per heavy atom. The van der Waals surface area contributed by atoms with Crippen LogP contribution in [0.25, 0.3) is 0 Å². The highest BCUT2D eigenvalue weighted by atomic mass is 35.5. The van der Waals surface area contributed by atoms with Crippen LogP contribution >= 0.6 is 12.4 Å². The fourth-order valence-electron chi connectivity index (χ4n) is 3.34. The Balaban J connectivity index is 0.00000261. The van der Waals surface area contributed by atoms with Crippen LogP contribution in [0.1, 0.15) is 35.7 Å². The van der Waals surface area contributed by atoms with Crippen LogP contribution in [-0.2, 0) is 4.79 Å². The van der Waals surface area contributed by atoms with Crippen molar-refractivity contribution in [1.82, 2.24) is 5.32 Å². The van der Waals surface area contributed by atoms with Crippen LogP contribution in [-0.4, -0.2) is 24.4 Å². The number of carbonyl (C=O) groups is 2. The van der Waals surface area contributed by atoms with Gasteiger partial charge in [-0.05, 0) is 63.1 Å². The molecule has 1 fully saturated rings. The number of piperidine rings is 1. The number of benzene rings is 2. The van der Waals surface area contributed by atoms with Gasteiger partial charge in [0.15, 0.2) is 0 Å². The van der Waals surface area contributed by atoms with E-state index in [2.05, 4.69) is 22.9 Å². The van der Waals surface area contributed by atoms with E-state index in [1.165, 1.54) is 0 Å². The van der Waals surface area contributed by atoms with Crippen molar-refractivity contribution in [2.75, 3.05) is 17.2 Å². The summed E-state index contributed by atoms with van der Waals surface area (Å²) < 4.78 is 0. The van der Waals surface area contributed by atoms with Crippen LogP contribution in [0.15, 0.2) is 48.5 Å². The molecule has 0 aromatic heterocycles. The van der Waals surface area contributed by atoms with Crippen molar-refractivity contribution in [2.45, 2.75) is 32.7 Å². The molecule has 2 amide bonds. The van der Waals surface area contributed by atoms with E-state index in [0.29, 0.717) is 17.3 Å². The number of halogens is 1. The number of anilines is 2. The van der Waals surface area contributed by atoms with Gasteiger partial charge in [0.05, 0.1) is 0 Å². The standard InChI is InChI=1S/C21H25N3O2.ClH/c1-14-13-16(11-12-22-14)20(25)24-19-10-6-9-18(15(19)2)21(26)23-17-7-4-3-5-8-17;/h3-10,14,16,22H,11-13H2,1-2H3,(H,23,26)(H,24,25);1H/t14-,16-;/m0./s1. The maximum absolute atomic E-state index is 12.6. The second-order valence-corrected chi connectivity index (χ2v) is 6.86. The quantitative estimate of drug-likeness (QED) is 0.742. The SMILES string of the molecule is Cc1c(NC(=O)[C@H]2CCN[C@@H](C)C2)cccc1C(=O)Nc1ccccc1.Cl. The molecule has 2 aromatic carbocycles. The zero-order valence-electron chi connectivity index (χ0n) is 15.6. The summed E-state index contributed by atoms with van der Waals surface area (Å²) in [5, 5.41) is 9.26. The molecule has 0 saturated carbocycles. The number of amides is 2. The van der Waals surface area contributed by atoms with E-state index in [4.69, 9.17) is 0 Å². The van der Waals surface area contributed by atoms with Crippen molar-refractivity contribution in [3.63, 3.8) is 0 Å². The Hall–Kier alpha value is -2.37. The second kappa shape index (κ2) is 9.53. The van der Waals surface area contributed by atoms with Crippen LogP contribution < -0.4 is 16.0 Å². The van der Waals surface area contributed by atoms with Gasteiger partial charge in [-0.15, -0.1) is 12.4 Å². The van der Waals surface area contributed by atoms with Gasteiger partial charge < -0.3 is 16.0 Å². The molecule has 1 aliphatic heterocycles. The third-order valence-corrected chi connectivity index (χ3v) is 4.86. The zero-order valence-corrected chi connectivity index (χ0v) is 16.4. The number of hydrogen-bond acceptors (Lipinski definition) is 3. The second-order valence-electron chi connectivity index (χ2n) is 6.86. The van der Waals surface area contributed by atoms with Crippen LogP contribution in [0.2, 0.25) is 0 Å². The van der Waals surface area contributed by atoms with Gasteiger partial charge in [-0.1, -0.05) is 24.3 Å². The van der Waals surface area contributed by atoms with Crippen molar-refractivity contribution < 1.29 is 9.59 Å². The van der Waals surface area contributed by atoms with E-state index < -0.39 is 0 Å². The van der Waals surface area contributed by atoms with E-state index in [9.17, 15) is 9.59 Å². The molecule has 0 bridgehead atoms. The van der Waals surface area contributed by atoms with Gasteiger partial charge in [0.1, 0.15) is 0 Å². The normalized spacial score (nSPS) is 18.9. The van der Waals surface area contributed by atoms with Gasteiger partial charge in [-0.25, -0.2) is 0 Å². The summed E-state index contributed by atoms with van der Waals surface area (Å²) in [6, 6.07) is 15.1. The molecule has 0 radical (unpaired) electrons. The third-order valence-electron chi connectivity index (χ3n) is 4.86. The lowest BCUT2D eigenvalue weighted by atomic mass is 9.92. The summed E-state index contributed by atoms with van der Waals surface area (Å²) in [5.74, 6) is -0.144. The number of nitrogens with one attached hydrogen (secondary N) is 3. The lowest BCUT2D eigenvalue weighted by Gasteiger charge is -2.27. The summed E-state index contributed by atoms with van der Waals surface area (Å²) in [6.07, 6.45) is 1.67. The minimum absolute atomic E-state index is 0. The van der Waals surface area contributed by atoms with Gasteiger partial charge in [-0.2, -0.15) is 0 Å². The minimum atomic E-state index is -0.180. The van der Waals surface area contributed by atoms with E-state index in [1.807, 2.05) is 43.3 Å². The molecular formula is C21H26ClN3O2. The van der Waals surface area contributed by atoms with Gasteiger partial charge in [0.2, 0.25) is 5.91 Å². The molecule has 0 spiro atoms. The zero-order chi connectivity index (χ0) is 18.5. The fraction of sp³-hybridized carbons (Fsp3) is 0.333. The van der Waals surface area contributed by atoms with Crippen LogP contribution in [0.3, 0.4) is 0 Å². The first-order valence-electron chi connectivity index (χ1n) is 9.05. The molecular weight excluding hydrogens is 362 g/mol. The molecule has 6 heteroatoms. The third kappa shape index (κ3) is 5.31. The predicted molar refractivity (Wildman–Crippen MR) is 112 cm³/mol. The molecule has 144 valence electrons. The average Bonchev–Trinajstić information content (AvgIpc) is 2.64. The molecule has 27 heavy (non-hydrogen) atoms. The number of rotatable bonds is 4. The molecule has 3 rings (SSSR count). The predicted octanol–water partition coefficient (Wildman–Crippen LogP) is 4.00. The first kappa shape index (κ1) is 20.9. The first-order chi connectivity index (χ1) is 12.5. The maximum Gasteiger partial charge on any atom is 0.256 e. The Bertz CT molecular complexity index is 795. The van der Waals surface area contributed by atoms with Gasteiger partial charge >= 0.3 is 0 Å². The highest BCUT2D eigenvalue weighted by molar-refractivity contribution is 6.07. The van der Waals surface area contributed by atoms with Crippen molar-refractivity contribution >= 4 is 35.6 Å². The van der Waals surface area contributed by atoms with E-state index in [0.717, 1.165) is 30.6 Å². The van der Waals surface area contributed by atoms with Gasteiger partial charge in [0.25, 0.3) is 5.91 Å². The first-order valence-corrected chi connectivity index (χ1v) is 9.05. The summed E-state index contributed by atoms with van der Waals surface area (Å²) in [4.78, 5) is 25.2. The highest BCUT2D eigenvalue weighted by Crippen LogP contribution is 2.23. The summed E-state index contributed by atoms with van der Waals surface area (Å²) in [7, 11) is 0. The number of carbonyl (C=O) groups excluding carboxylic acids is 2. The number of hydrogen-bond donors (Lipinski definition) is 3. The Labute approximate surface area is 166 Å². The van der Waals surface area contributed by atoms with Crippen molar-refractivity contribution in [3.8, 4) is 0 Å². The van der Waals surface area contributed by atoms with Crippen LogP contribution in [0, 0.1) is 12.8 Å². The summed E-state index contributed by atoms with van der Waals surface area (Å²) in [5.41, 5.74) is 2.78. The summed E-state index contributed by atoms with van der Waals surface area (Å²) >= 11 is 0. The summed E-state index contributed by atoms with van der Waals surface area (Å²) in [6.45, 7) is 4.82. The smallest absolute Gasteiger partial charge is 0.256 e. The Morgan fingerprint density at radius 2 is 1.78 bits per heavy atom. The van der Waals surface area contributed by atoms with Crippen LogP contribution in [0.5, 0.6) is 0 Å². The molecule has 1 aliphatic rings.